The minimum Gasteiger partial charge on any atom is -0.390 e. The Labute approximate surface area is 180 Å². The summed E-state index contributed by atoms with van der Waals surface area (Å²) in [6.45, 7) is 1.97. The lowest BCUT2D eigenvalue weighted by atomic mass is 10.0. The molecule has 1 saturated heterocycles. The van der Waals surface area contributed by atoms with Crippen LogP contribution in [0.1, 0.15) is 18.9 Å². The largest absolute Gasteiger partial charge is 0.417 e. The fourth-order valence-electron chi connectivity index (χ4n) is 3.23. The molecule has 1 aromatic carbocycles. The van der Waals surface area contributed by atoms with Crippen molar-refractivity contribution < 1.29 is 22.8 Å². The number of rotatable bonds is 5. The van der Waals surface area contributed by atoms with E-state index in [2.05, 4.69) is 26.2 Å². The lowest BCUT2D eigenvalue weighted by Crippen LogP contribution is -2.55. The van der Waals surface area contributed by atoms with E-state index < -0.39 is 23.5 Å². The number of para-hydroxylation sites is 1. The lowest BCUT2D eigenvalue weighted by molar-refractivity contribution is -0.137. The van der Waals surface area contributed by atoms with Gasteiger partial charge in [-0.05, 0) is 25.1 Å². The number of aromatic nitrogens is 1. The molecule has 0 unspecified atom stereocenters. The zero-order valence-electron chi connectivity index (χ0n) is 16.2. The van der Waals surface area contributed by atoms with Crippen molar-refractivity contribution in [1.29, 1.82) is 0 Å². The van der Waals surface area contributed by atoms with Crippen molar-refractivity contribution in [2.75, 3.05) is 16.9 Å². The van der Waals surface area contributed by atoms with E-state index in [1.54, 1.807) is 19.1 Å². The SMILES string of the molecule is C[C@]1(C2=NO[C@@H](CNc3ncc(C(F)(F)F)cc3Cl)C2)NC(=O)N(c2ccccc2)N1. The lowest BCUT2D eigenvalue weighted by Gasteiger charge is -2.24. The van der Waals surface area contributed by atoms with E-state index >= 15 is 0 Å². The van der Waals surface area contributed by atoms with Crippen LogP contribution < -0.4 is 21.1 Å². The van der Waals surface area contributed by atoms with Crippen LogP contribution >= 0.6 is 11.6 Å². The molecule has 3 N–H and O–H groups in total. The van der Waals surface area contributed by atoms with Gasteiger partial charge in [0.15, 0.2) is 0 Å². The molecule has 1 aromatic heterocycles. The van der Waals surface area contributed by atoms with Crippen molar-refractivity contribution >= 4 is 34.8 Å². The normalized spacial score (nSPS) is 23.4. The summed E-state index contributed by atoms with van der Waals surface area (Å²) in [6, 6.07) is 9.54. The van der Waals surface area contributed by atoms with Crippen LogP contribution in [0.5, 0.6) is 0 Å². The molecule has 31 heavy (non-hydrogen) atoms. The Bertz CT molecular complexity index is 1020. The molecule has 0 saturated carbocycles. The third kappa shape index (κ3) is 4.37. The maximum atomic E-state index is 12.7. The number of halogens is 4. The number of pyridine rings is 1. The zero-order valence-corrected chi connectivity index (χ0v) is 17.0. The van der Waals surface area contributed by atoms with Crippen LogP contribution in [-0.2, 0) is 11.0 Å². The van der Waals surface area contributed by atoms with Crippen LogP contribution in [0.4, 0.5) is 29.5 Å². The highest BCUT2D eigenvalue weighted by Crippen LogP contribution is 2.32. The van der Waals surface area contributed by atoms with E-state index in [0.717, 1.165) is 6.07 Å². The molecule has 2 aliphatic rings. The molecule has 0 spiro atoms. The summed E-state index contributed by atoms with van der Waals surface area (Å²) >= 11 is 5.91. The average molecular weight is 455 g/mol. The Morgan fingerprint density at radius 1 is 1.35 bits per heavy atom. The second-order valence-electron chi connectivity index (χ2n) is 7.24. The van der Waals surface area contributed by atoms with E-state index in [4.69, 9.17) is 16.4 Å². The average Bonchev–Trinajstić information content (AvgIpc) is 3.32. The first kappa shape index (κ1) is 21.2. The van der Waals surface area contributed by atoms with E-state index in [0.29, 0.717) is 24.0 Å². The molecule has 2 aromatic rings. The van der Waals surface area contributed by atoms with Crippen LogP contribution in [0.15, 0.2) is 47.8 Å². The number of hydrazine groups is 1. The molecular weight excluding hydrogens is 437 g/mol. The maximum absolute atomic E-state index is 12.7. The van der Waals surface area contributed by atoms with Gasteiger partial charge < -0.3 is 15.5 Å². The highest BCUT2D eigenvalue weighted by Gasteiger charge is 2.45. The summed E-state index contributed by atoms with van der Waals surface area (Å²) in [5.41, 5.74) is 2.46. The molecule has 3 heterocycles. The minimum atomic E-state index is -4.52. The van der Waals surface area contributed by atoms with Gasteiger partial charge in [0.2, 0.25) is 0 Å². The second-order valence-corrected chi connectivity index (χ2v) is 7.65. The maximum Gasteiger partial charge on any atom is 0.417 e. The summed E-state index contributed by atoms with van der Waals surface area (Å²) in [6.07, 6.45) is -3.86. The van der Waals surface area contributed by atoms with Gasteiger partial charge >= 0.3 is 12.2 Å². The molecule has 1 fully saturated rings. The van der Waals surface area contributed by atoms with Crippen molar-refractivity contribution in [1.82, 2.24) is 15.7 Å². The number of urea groups is 1. The van der Waals surface area contributed by atoms with Gasteiger partial charge in [0.25, 0.3) is 0 Å². The Balaban J connectivity index is 1.36. The van der Waals surface area contributed by atoms with Gasteiger partial charge in [-0.25, -0.2) is 14.8 Å². The van der Waals surface area contributed by atoms with Gasteiger partial charge in [0.1, 0.15) is 23.3 Å². The van der Waals surface area contributed by atoms with Crippen LogP contribution in [0, 0.1) is 0 Å². The third-order valence-electron chi connectivity index (χ3n) is 4.89. The van der Waals surface area contributed by atoms with E-state index in [-0.39, 0.29) is 23.4 Å². The molecule has 0 aliphatic carbocycles. The molecule has 0 bridgehead atoms. The number of oxime groups is 1. The number of carbonyl (C=O) groups is 1. The molecule has 12 heteroatoms. The monoisotopic (exact) mass is 454 g/mol. The second kappa shape index (κ2) is 7.89. The van der Waals surface area contributed by atoms with Crippen LogP contribution in [0.2, 0.25) is 5.02 Å². The van der Waals surface area contributed by atoms with Crippen molar-refractivity contribution in [2.24, 2.45) is 5.16 Å². The number of hydrogen-bond acceptors (Lipinski definition) is 6. The number of carbonyl (C=O) groups excluding carboxylic acids is 1. The summed E-state index contributed by atoms with van der Waals surface area (Å²) in [5.74, 6) is 0.112. The summed E-state index contributed by atoms with van der Waals surface area (Å²) < 4.78 is 38.2. The first-order chi connectivity index (χ1) is 14.7. The number of amides is 2. The Kier molecular flexibility index (Phi) is 5.40. The number of anilines is 2. The summed E-state index contributed by atoms with van der Waals surface area (Å²) in [5, 5.41) is 11.0. The van der Waals surface area contributed by atoms with Gasteiger partial charge in [0, 0.05) is 12.6 Å². The first-order valence-corrected chi connectivity index (χ1v) is 9.68. The van der Waals surface area contributed by atoms with Crippen molar-refractivity contribution in [3.8, 4) is 0 Å². The Hall–Kier alpha value is -3.05. The molecule has 2 amide bonds. The molecular formula is C19H18ClF3N6O2. The summed E-state index contributed by atoms with van der Waals surface area (Å²) in [4.78, 5) is 21.6. The third-order valence-corrected chi connectivity index (χ3v) is 5.17. The van der Waals surface area contributed by atoms with Crippen LogP contribution in [0.3, 0.4) is 0 Å². The predicted molar refractivity (Wildman–Crippen MR) is 109 cm³/mol. The molecule has 0 radical (unpaired) electrons. The van der Waals surface area contributed by atoms with E-state index in [1.807, 2.05) is 18.2 Å². The highest BCUT2D eigenvalue weighted by molar-refractivity contribution is 6.33. The Morgan fingerprint density at radius 3 is 2.77 bits per heavy atom. The van der Waals surface area contributed by atoms with Crippen molar-refractivity contribution in [3.63, 3.8) is 0 Å². The molecule has 2 atom stereocenters. The van der Waals surface area contributed by atoms with Gasteiger partial charge in [0.05, 0.1) is 22.8 Å². The summed E-state index contributed by atoms with van der Waals surface area (Å²) in [7, 11) is 0. The van der Waals surface area contributed by atoms with Gasteiger partial charge in [-0.3, -0.25) is 0 Å². The fourth-order valence-corrected chi connectivity index (χ4v) is 3.47. The number of benzene rings is 1. The molecule has 2 aliphatic heterocycles. The number of hydrogen-bond donors (Lipinski definition) is 3. The van der Waals surface area contributed by atoms with Crippen molar-refractivity contribution in [2.45, 2.75) is 31.3 Å². The number of alkyl halides is 3. The van der Waals surface area contributed by atoms with Crippen LogP contribution in [-0.4, -0.2) is 35.0 Å². The van der Waals surface area contributed by atoms with Gasteiger partial charge in [-0.2, -0.15) is 18.6 Å². The first-order valence-electron chi connectivity index (χ1n) is 9.30. The van der Waals surface area contributed by atoms with Gasteiger partial charge in [-0.15, -0.1) is 0 Å². The molecule has 164 valence electrons. The topological polar surface area (TPSA) is 90.9 Å². The number of nitrogens with one attached hydrogen (secondary N) is 3. The van der Waals surface area contributed by atoms with E-state index in [1.165, 1.54) is 5.01 Å². The smallest absolute Gasteiger partial charge is 0.390 e. The Morgan fingerprint density at radius 2 is 2.10 bits per heavy atom. The van der Waals surface area contributed by atoms with Gasteiger partial charge in [-0.1, -0.05) is 35.0 Å². The minimum absolute atomic E-state index is 0.112. The molecule has 8 nitrogen and oxygen atoms in total. The highest BCUT2D eigenvalue weighted by atomic mass is 35.5. The van der Waals surface area contributed by atoms with Crippen molar-refractivity contribution in [3.05, 3.63) is 53.2 Å². The predicted octanol–water partition coefficient (Wildman–Crippen LogP) is 3.76. The molecule has 4 rings (SSSR count). The number of nitrogens with zero attached hydrogens (tertiary/aromatic N) is 3. The standard InChI is InChI=1S/C19H18ClF3N6O2/c1-18(26-17(30)29(28-18)12-5-3-2-4-6-12)15-8-13(31-27-15)10-25-16-14(20)7-11(9-24-16)19(21,22)23/h2-7,9,13,28H,8,10H2,1H3,(H,24,25)(H,26,30)/t13-,18+/m1/s1. The van der Waals surface area contributed by atoms with E-state index in [9.17, 15) is 18.0 Å². The quantitative estimate of drug-likeness (QED) is 0.640. The van der Waals surface area contributed by atoms with Crippen LogP contribution in [0.25, 0.3) is 0 Å². The fraction of sp³-hybridized carbons (Fsp3) is 0.316. The zero-order chi connectivity index (χ0) is 22.2.